The zero-order valence-electron chi connectivity index (χ0n) is 8.64. The summed E-state index contributed by atoms with van der Waals surface area (Å²) in [5.74, 6) is 0.0799. The van der Waals surface area contributed by atoms with Crippen LogP contribution in [0.2, 0.25) is 0 Å². The largest absolute Gasteiger partial charge is 0.465 e. The molecule has 2 atom stereocenters. The molecule has 0 aromatic heterocycles. The quantitative estimate of drug-likeness (QED) is 0.551. The van der Waals surface area contributed by atoms with Gasteiger partial charge in [0.15, 0.2) is 0 Å². The third kappa shape index (κ3) is 1.77. The maximum Gasteiger partial charge on any atom is 0.407 e. The van der Waals surface area contributed by atoms with Gasteiger partial charge < -0.3 is 20.2 Å². The number of nitrogens with zero attached hydrogens (tertiary/aromatic N) is 2. The molecule has 0 aromatic rings. The Morgan fingerprint density at radius 1 is 1.53 bits per heavy atom. The number of hydrogen-bond acceptors (Lipinski definition) is 3. The lowest BCUT2D eigenvalue weighted by molar-refractivity contribution is -0.140. The van der Waals surface area contributed by atoms with Crippen LogP contribution < -0.4 is 5.32 Å². The summed E-state index contributed by atoms with van der Waals surface area (Å²) in [4.78, 5) is 25.7. The maximum atomic E-state index is 11.7. The van der Waals surface area contributed by atoms with E-state index in [-0.39, 0.29) is 18.0 Å². The lowest BCUT2D eigenvalue weighted by atomic mass is 10.1. The molecule has 0 aliphatic carbocycles. The van der Waals surface area contributed by atoms with Crippen LogP contribution >= 0.6 is 0 Å². The molecule has 2 N–H and O–H groups in total. The summed E-state index contributed by atoms with van der Waals surface area (Å²) in [5.41, 5.74) is 0. The van der Waals surface area contributed by atoms with Gasteiger partial charge in [0.05, 0.1) is 12.1 Å². The topological polar surface area (TPSA) is 72.9 Å². The predicted molar refractivity (Wildman–Crippen MR) is 52.6 cm³/mol. The molecule has 2 rings (SSSR count). The first-order valence-electron chi connectivity index (χ1n) is 5.11. The van der Waals surface area contributed by atoms with Gasteiger partial charge in [-0.05, 0) is 6.92 Å². The van der Waals surface area contributed by atoms with E-state index < -0.39 is 6.09 Å². The van der Waals surface area contributed by atoms with Gasteiger partial charge in [-0.25, -0.2) is 4.79 Å². The molecule has 2 fully saturated rings. The molecular formula is C9H15N3O3. The molecule has 15 heavy (non-hydrogen) atoms. The molecule has 1 unspecified atom stereocenters. The normalized spacial score (nSPS) is 31.4. The summed E-state index contributed by atoms with van der Waals surface area (Å²) < 4.78 is 0. The Balaban J connectivity index is 2.05. The summed E-state index contributed by atoms with van der Waals surface area (Å²) in [6.45, 7) is 3.87. The minimum absolute atomic E-state index is 0.00134. The van der Waals surface area contributed by atoms with Crippen molar-refractivity contribution in [2.75, 3.05) is 26.2 Å². The molecule has 2 aliphatic heterocycles. The van der Waals surface area contributed by atoms with Crippen LogP contribution in [0.4, 0.5) is 4.79 Å². The number of rotatable bonds is 0. The van der Waals surface area contributed by atoms with Gasteiger partial charge in [-0.2, -0.15) is 0 Å². The highest BCUT2D eigenvalue weighted by Gasteiger charge is 2.37. The second-order valence-corrected chi connectivity index (χ2v) is 4.04. The second kappa shape index (κ2) is 3.69. The fourth-order valence-electron chi connectivity index (χ4n) is 2.14. The number of fused-ring (bicyclic) bond motifs is 1. The average molecular weight is 213 g/mol. The second-order valence-electron chi connectivity index (χ2n) is 4.04. The summed E-state index contributed by atoms with van der Waals surface area (Å²) in [6, 6.07) is -0.142. The Kier molecular flexibility index (Phi) is 2.52. The van der Waals surface area contributed by atoms with Gasteiger partial charge in [0.2, 0.25) is 5.91 Å². The van der Waals surface area contributed by atoms with Crippen LogP contribution in [0.3, 0.4) is 0 Å². The molecule has 2 saturated heterocycles. The minimum Gasteiger partial charge on any atom is -0.465 e. The Labute approximate surface area is 87.8 Å². The number of carbonyl (C=O) groups is 2. The first-order valence-corrected chi connectivity index (χ1v) is 5.11. The molecule has 6 heteroatoms. The highest BCUT2D eigenvalue weighted by molar-refractivity contribution is 5.83. The summed E-state index contributed by atoms with van der Waals surface area (Å²) in [7, 11) is 0. The molecule has 0 aromatic carbocycles. The van der Waals surface area contributed by atoms with E-state index in [1.807, 2.05) is 6.92 Å². The lowest BCUT2D eigenvalue weighted by Gasteiger charge is -2.44. The van der Waals surface area contributed by atoms with E-state index in [4.69, 9.17) is 5.11 Å². The molecular weight excluding hydrogens is 198 g/mol. The maximum absolute atomic E-state index is 11.7. The number of carbonyl (C=O) groups excluding carboxylic acids is 1. The lowest BCUT2D eigenvalue weighted by Crippen LogP contribution is -2.66. The fourth-order valence-corrected chi connectivity index (χ4v) is 2.14. The minimum atomic E-state index is -0.902. The summed E-state index contributed by atoms with van der Waals surface area (Å²) in [5, 5.41) is 11.9. The summed E-state index contributed by atoms with van der Waals surface area (Å²) in [6.07, 6.45) is -0.902. The third-order valence-electron chi connectivity index (χ3n) is 3.07. The van der Waals surface area contributed by atoms with Crippen molar-refractivity contribution in [3.63, 3.8) is 0 Å². The van der Waals surface area contributed by atoms with Crippen molar-refractivity contribution in [3.8, 4) is 0 Å². The van der Waals surface area contributed by atoms with Crippen molar-refractivity contribution in [2.24, 2.45) is 0 Å². The van der Waals surface area contributed by atoms with E-state index in [0.29, 0.717) is 26.2 Å². The SMILES string of the molecule is C[C@@H]1NCC2CN(C(=O)O)CCN2C1=O. The Morgan fingerprint density at radius 3 is 2.93 bits per heavy atom. The van der Waals surface area contributed by atoms with E-state index in [1.54, 1.807) is 4.90 Å². The standard InChI is InChI=1S/C9H15N3O3/c1-6-8(13)12-3-2-11(9(14)15)5-7(12)4-10-6/h6-7,10H,2-5H2,1H3,(H,14,15)/t6-,7?/m0/s1. The molecule has 2 amide bonds. The van der Waals surface area contributed by atoms with Crippen LogP contribution in [0.15, 0.2) is 0 Å². The summed E-state index contributed by atoms with van der Waals surface area (Å²) >= 11 is 0. The van der Waals surface area contributed by atoms with Crippen molar-refractivity contribution in [3.05, 3.63) is 0 Å². The molecule has 0 radical (unpaired) electrons. The third-order valence-corrected chi connectivity index (χ3v) is 3.07. The number of amides is 2. The van der Waals surface area contributed by atoms with Crippen molar-refractivity contribution in [1.82, 2.24) is 15.1 Å². The van der Waals surface area contributed by atoms with Crippen molar-refractivity contribution >= 4 is 12.0 Å². The zero-order chi connectivity index (χ0) is 11.0. The van der Waals surface area contributed by atoms with Crippen LogP contribution in [0, 0.1) is 0 Å². The molecule has 2 heterocycles. The van der Waals surface area contributed by atoms with Crippen LogP contribution in [0.25, 0.3) is 0 Å². The first kappa shape index (κ1) is 10.2. The first-order chi connectivity index (χ1) is 7.09. The van der Waals surface area contributed by atoms with Crippen LogP contribution in [-0.4, -0.2) is 65.2 Å². The number of carboxylic acid groups (broad SMARTS) is 1. The van der Waals surface area contributed by atoms with Gasteiger partial charge >= 0.3 is 6.09 Å². The number of hydrogen-bond donors (Lipinski definition) is 2. The predicted octanol–water partition coefficient (Wildman–Crippen LogP) is -0.831. The fraction of sp³-hybridized carbons (Fsp3) is 0.778. The highest BCUT2D eigenvalue weighted by atomic mass is 16.4. The zero-order valence-corrected chi connectivity index (χ0v) is 8.64. The smallest absolute Gasteiger partial charge is 0.407 e. The Bertz CT molecular complexity index is 294. The number of piperazine rings is 2. The molecule has 6 nitrogen and oxygen atoms in total. The van der Waals surface area contributed by atoms with Crippen LogP contribution in [-0.2, 0) is 4.79 Å². The van der Waals surface area contributed by atoms with Crippen molar-refractivity contribution in [2.45, 2.75) is 19.0 Å². The Morgan fingerprint density at radius 2 is 2.27 bits per heavy atom. The van der Waals surface area contributed by atoms with E-state index >= 15 is 0 Å². The van der Waals surface area contributed by atoms with Crippen molar-refractivity contribution in [1.29, 1.82) is 0 Å². The molecule has 0 spiro atoms. The average Bonchev–Trinajstić information content (AvgIpc) is 2.23. The highest BCUT2D eigenvalue weighted by Crippen LogP contribution is 2.14. The molecule has 0 bridgehead atoms. The Hall–Kier alpha value is -1.30. The van der Waals surface area contributed by atoms with Crippen molar-refractivity contribution < 1.29 is 14.7 Å². The van der Waals surface area contributed by atoms with E-state index in [1.165, 1.54) is 4.90 Å². The molecule has 84 valence electrons. The number of nitrogens with one attached hydrogen (secondary N) is 1. The monoisotopic (exact) mass is 213 g/mol. The van der Waals surface area contributed by atoms with Gasteiger partial charge in [-0.1, -0.05) is 0 Å². The van der Waals surface area contributed by atoms with Gasteiger partial charge in [0.1, 0.15) is 0 Å². The van der Waals surface area contributed by atoms with Gasteiger partial charge in [0, 0.05) is 26.2 Å². The van der Waals surface area contributed by atoms with Gasteiger partial charge in [0.25, 0.3) is 0 Å². The van der Waals surface area contributed by atoms with Gasteiger partial charge in [-0.15, -0.1) is 0 Å². The van der Waals surface area contributed by atoms with E-state index in [9.17, 15) is 9.59 Å². The van der Waals surface area contributed by atoms with Crippen LogP contribution in [0.5, 0.6) is 0 Å². The van der Waals surface area contributed by atoms with E-state index in [0.717, 1.165) is 0 Å². The van der Waals surface area contributed by atoms with E-state index in [2.05, 4.69) is 5.32 Å². The molecule has 0 saturated carbocycles. The van der Waals surface area contributed by atoms with Gasteiger partial charge in [-0.3, -0.25) is 4.79 Å². The van der Waals surface area contributed by atoms with Crippen LogP contribution in [0.1, 0.15) is 6.92 Å². The molecule has 2 aliphatic rings.